The molecular formula is C24H24N4O4. The number of hydrogen-bond donors (Lipinski definition) is 1. The van der Waals surface area contributed by atoms with E-state index >= 15 is 0 Å². The maximum absolute atomic E-state index is 12.6. The third-order valence-corrected chi connectivity index (χ3v) is 5.02. The minimum Gasteiger partial charge on any atom is -0.493 e. The van der Waals surface area contributed by atoms with Gasteiger partial charge in [0.1, 0.15) is 6.73 Å². The number of pyridine rings is 1. The summed E-state index contributed by atoms with van der Waals surface area (Å²) in [7, 11) is 3.20. The van der Waals surface area contributed by atoms with Crippen LogP contribution >= 0.6 is 0 Å². The molecule has 2 aromatic carbocycles. The Labute approximate surface area is 186 Å². The molecule has 8 heteroatoms. The molecule has 4 rings (SSSR count). The van der Waals surface area contributed by atoms with E-state index in [4.69, 9.17) is 19.3 Å². The minimum atomic E-state index is -0.190. The van der Waals surface area contributed by atoms with E-state index in [2.05, 4.69) is 10.3 Å². The molecule has 1 aromatic heterocycles. The van der Waals surface area contributed by atoms with Crippen molar-refractivity contribution in [2.24, 2.45) is 5.10 Å². The van der Waals surface area contributed by atoms with Crippen molar-refractivity contribution in [2.75, 3.05) is 32.9 Å². The van der Waals surface area contributed by atoms with Crippen molar-refractivity contribution in [3.05, 3.63) is 83.7 Å². The van der Waals surface area contributed by atoms with E-state index in [0.29, 0.717) is 36.9 Å². The molecule has 0 saturated carbocycles. The maximum atomic E-state index is 12.6. The lowest BCUT2D eigenvalue weighted by molar-refractivity contribution is 0.0297. The predicted octanol–water partition coefficient (Wildman–Crippen LogP) is 3.55. The van der Waals surface area contributed by atoms with E-state index in [1.165, 1.54) is 0 Å². The van der Waals surface area contributed by atoms with Crippen LogP contribution in [0.15, 0.2) is 72.1 Å². The van der Waals surface area contributed by atoms with Crippen molar-refractivity contribution in [3.63, 3.8) is 0 Å². The second-order valence-electron chi connectivity index (χ2n) is 7.11. The van der Waals surface area contributed by atoms with Crippen molar-refractivity contribution in [3.8, 4) is 11.5 Å². The summed E-state index contributed by atoms with van der Waals surface area (Å²) in [4.78, 5) is 16.5. The third kappa shape index (κ3) is 4.87. The highest BCUT2D eigenvalue weighted by atomic mass is 16.5. The van der Waals surface area contributed by atoms with Gasteiger partial charge < -0.3 is 19.5 Å². The molecule has 1 N–H and O–H groups in total. The van der Waals surface area contributed by atoms with Crippen molar-refractivity contribution < 1.29 is 19.0 Å². The Morgan fingerprint density at radius 3 is 2.62 bits per heavy atom. The first kappa shape index (κ1) is 21.3. The van der Waals surface area contributed by atoms with E-state index < -0.39 is 0 Å². The standard InChI is InChI=1S/C24H24N4O4/c1-30-22-8-7-18(13-23(22)31-2)21-15-32-16-28(27-21)14-19-5-3-4-6-20(19)26-24(29)17-9-11-25-12-10-17/h3-13H,14-16H2,1-2H3,(H,26,29). The van der Waals surface area contributed by atoms with Crippen molar-refractivity contribution in [1.29, 1.82) is 0 Å². The van der Waals surface area contributed by atoms with Crippen LogP contribution in [-0.2, 0) is 11.3 Å². The fraction of sp³-hybridized carbons (Fsp3) is 0.208. The topological polar surface area (TPSA) is 85.3 Å². The normalized spacial score (nSPS) is 13.3. The number of nitrogens with zero attached hydrogens (tertiary/aromatic N) is 3. The smallest absolute Gasteiger partial charge is 0.255 e. The number of hydrogen-bond acceptors (Lipinski definition) is 7. The van der Waals surface area contributed by atoms with Crippen LogP contribution < -0.4 is 14.8 Å². The number of carbonyl (C=O) groups is 1. The number of amides is 1. The molecule has 0 aliphatic carbocycles. The van der Waals surface area contributed by atoms with Gasteiger partial charge in [0.05, 0.1) is 33.1 Å². The van der Waals surface area contributed by atoms with Crippen LogP contribution in [0.2, 0.25) is 0 Å². The van der Waals surface area contributed by atoms with E-state index in [1.54, 1.807) is 38.7 Å². The van der Waals surface area contributed by atoms with Gasteiger partial charge in [-0.3, -0.25) is 14.8 Å². The molecule has 1 aliphatic rings. The molecule has 1 amide bonds. The third-order valence-electron chi connectivity index (χ3n) is 5.02. The SMILES string of the molecule is COc1ccc(C2=NN(Cc3ccccc3NC(=O)c3ccncc3)COC2)cc1OC. The molecule has 8 nitrogen and oxygen atoms in total. The first-order chi connectivity index (χ1) is 15.7. The lowest BCUT2D eigenvalue weighted by Crippen LogP contribution is -2.31. The van der Waals surface area contributed by atoms with Crippen molar-refractivity contribution >= 4 is 17.3 Å². The van der Waals surface area contributed by atoms with E-state index in [9.17, 15) is 4.79 Å². The lowest BCUT2D eigenvalue weighted by atomic mass is 10.1. The molecule has 164 valence electrons. The van der Waals surface area contributed by atoms with Crippen molar-refractivity contribution in [1.82, 2.24) is 9.99 Å². The Morgan fingerprint density at radius 2 is 1.84 bits per heavy atom. The number of nitrogens with one attached hydrogen (secondary N) is 1. The highest BCUT2D eigenvalue weighted by Crippen LogP contribution is 2.28. The molecule has 0 unspecified atom stereocenters. The zero-order chi connectivity index (χ0) is 22.3. The fourth-order valence-electron chi connectivity index (χ4n) is 3.39. The van der Waals surface area contributed by atoms with Gasteiger partial charge in [0.15, 0.2) is 11.5 Å². The van der Waals surface area contributed by atoms with E-state index in [1.807, 2.05) is 47.5 Å². The Balaban J connectivity index is 1.53. The Bertz CT molecular complexity index is 1120. The van der Waals surface area contributed by atoms with Gasteiger partial charge in [0.2, 0.25) is 0 Å². The summed E-state index contributed by atoms with van der Waals surface area (Å²) in [6, 6.07) is 16.7. The van der Waals surface area contributed by atoms with Gasteiger partial charge >= 0.3 is 0 Å². The van der Waals surface area contributed by atoms with Gasteiger partial charge in [0.25, 0.3) is 5.91 Å². The lowest BCUT2D eigenvalue weighted by Gasteiger charge is -2.26. The van der Waals surface area contributed by atoms with Crippen molar-refractivity contribution in [2.45, 2.75) is 6.54 Å². The number of para-hydroxylation sites is 1. The maximum Gasteiger partial charge on any atom is 0.255 e. The number of hydrazone groups is 1. The van der Waals surface area contributed by atoms with Crippen LogP contribution in [0.25, 0.3) is 0 Å². The number of rotatable bonds is 7. The molecule has 0 spiro atoms. The predicted molar refractivity (Wildman–Crippen MR) is 121 cm³/mol. The van der Waals surface area contributed by atoms with Gasteiger partial charge in [-0.2, -0.15) is 5.10 Å². The highest BCUT2D eigenvalue weighted by molar-refractivity contribution is 6.04. The molecule has 0 atom stereocenters. The Hall–Kier alpha value is -3.91. The monoisotopic (exact) mass is 432 g/mol. The highest BCUT2D eigenvalue weighted by Gasteiger charge is 2.18. The average Bonchev–Trinajstić information content (AvgIpc) is 2.85. The molecule has 2 heterocycles. The van der Waals surface area contributed by atoms with Crippen LogP contribution in [0.1, 0.15) is 21.5 Å². The number of methoxy groups -OCH3 is 2. The molecule has 3 aromatic rings. The van der Waals surface area contributed by atoms with Crippen LogP contribution in [0, 0.1) is 0 Å². The zero-order valence-electron chi connectivity index (χ0n) is 17.9. The molecule has 0 saturated heterocycles. The summed E-state index contributed by atoms with van der Waals surface area (Å²) in [5.74, 6) is 1.10. The first-order valence-corrected chi connectivity index (χ1v) is 10.1. The number of carbonyl (C=O) groups excluding carboxylic acids is 1. The number of aromatic nitrogens is 1. The van der Waals surface area contributed by atoms with Gasteiger partial charge in [0, 0.05) is 29.2 Å². The molecule has 0 bridgehead atoms. The summed E-state index contributed by atoms with van der Waals surface area (Å²) in [5, 5.41) is 9.56. The molecule has 1 aliphatic heterocycles. The van der Waals surface area contributed by atoms with Gasteiger partial charge in [-0.05, 0) is 42.0 Å². The number of anilines is 1. The number of benzene rings is 2. The fourth-order valence-corrected chi connectivity index (χ4v) is 3.39. The Kier molecular flexibility index (Phi) is 6.62. The van der Waals surface area contributed by atoms with E-state index in [0.717, 1.165) is 22.5 Å². The average molecular weight is 432 g/mol. The van der Waals surface area contributed by atoms with Crippen LogP contribution in [0.3, 0.4) is 0 Å². The Morgan fingerprint density at radius 1 is 1.06 bits per heavy atom. The first-order valence-electron chi connectivity index (χ1n) is 10.1. The summed E-state index contributed by atoms with van der Waals surface area (Å²) < 4.78 is 16.5. The van der Waals surface area contributed by atoms with Gasteiger partial charge in [-0.1, -0.05) is 18.2 Å². The second-order valence-corrected chi connectivity index (χ2v) is 7.11. The molecule has 0 radical (unpaired) electrons. The van der Waals surface area contributed by atoms with Crippen LogP contribution in [0.5, 0.6) is 11.5 Å². The summed E-state index contributed by atoms with van der Waals surface area (Å²) >= 11 is 0. The zero-order valence-corrected chi connectivity index (χ0v) is 17.9. The molecule has 0 fully saturated rings. The largest absolute Gasteiger partial charge is 0.493 e. The molecular weight excluding hydrogens is 408 g/mol. The number of ether oxygens (including phenoxy) is 3. The minimum absolute atomic E-state index is 0.190. The van der Waals surface area contributed by atoms with E-state index in [-0.39, 0.29) is 5.91 Å². The van der Waals surface area contributed by atoms with Crippen LogP contribution in [-0.4, -0.2) is 49.2 Å². The summed E-state index contributed by atoms with van der Waals surface area (Å²) in [5.41, 5.74) is 3.88. The van der Waals surface area contributed by atoms with Gasteiger partial charge in [-0.25, -0.2) is 0 Å². The summed E-state index contributed by atoms with van der Waals surface area (Å²) in [6.07, 6.45) is 3.19. The summed E-state index contributed by atoms with van der Waals surface area (Å²) in [6.45, 7) is 1.22. The van der Waals surface area contributed by atoms with Gasteiger partial charge in [-0.15, -0.1) is 0 Å². The second kappa shape index (κ2) is 9.93. The quantitative estimate of drug-likeness (QED) is 0.615. The van der Waals surface area contributed by atoms with Crippen LogP contribution in [0.4, 0.5) is 5.69 Å². The molecule has 32 heavy (non-hydrogen) atoms.